The summed E-state index contributed by atoms with van der Waals surface area (Å²) in [5.41, 5.74) is 5.27. The van der Waals surface area contributed by atoms with Gasteiger partial charge in [0.15, 0.2) is 0 Å². The molecule has 0 spiro atoms. The van der Waals surface area contributed by atoms with Crippen molar-refractivity contribution in [3.05, 3.63) is 29.8 Å². The smallest absolute Gasteiger partial charge is 0.406 e. The maximum Gasteiger partial charge on any atom is 0.573 e. The van der Waals surface area contributed by atoms with Crippen molar-refractivity contribution in [1.29, 1.82) is 0 Å². The zero-order chi connectivity index (χ0) is 16.8. The second kappa shape index (κ2) is 7.49. The molecule has 0 fully saturated rings. The normalized spacial score (nSPS) is 14.3. The SMILES string of the molecule is CCCC(C)(N)C(=O)NCCc1ccccc1OC(F)(F)F. The average molecular weight is 318 g/mol. The van der Waals surface area contributed by atoms with Crippen LogP contribution in [0.3, 0.4) is 0 Å². The molecular weight excluding hydrogens is 297 g/mol. The van der Waals surface area contributed by atoms with Crippen LogP contribution in [0.5, 0.6) is 5.75 Å². The van der Waals surface area contributed by atoms with Gasteiger partial charge in [-0.1, -0.05) is 31.5 Å². The van der Waals surface area contributed by atoms with Crippen molar-refractivity contribution in [2.24, 2.45) is 5.73 Å². The number of benzene rings is 1. The second-order valence-corrected chi connectivity index (χ2v) is 5.33. The molecule has 0 saturated carbocycles. The molecule has 3 N–H and O–H groups in total. The maximum atomic E-state index is 12.3. The van der Waals surface area contributed by atoms with Crippen LogP contribution in [0.25, 0.3) is 0 Å². The molecule has 0 aliphatic carbocycles. The zero-order valence-corrected chi connectivity index (χ0v) is 12.7. The van der Waals surface area contributed by atoms with Crippen LogP contribution < -0.4 is 15.8 Å². The van der Waals surface area contributed by atoms with E-state index >= 15 is 0 Å². The Morgan fingerprint density at radius 1 is 1.32 bits per heavy atom. The zero-order valence-electron chi connectivity index (χ0n) is 12.7. The quantitative estimate of drug-likeness (QED) is 0.812. The Hall–Kier alpha value is -1.76. The summed E-state index contributed by atoms with van der Waals surface area (Å²) < 4.78 is 40.9. The van der Waals surface area contributed by atoms with Gasteiger partial charge in [-0.2, -0.15) is 0 Å². The largest absolute Gasteiger partial charge is 0.573 e. The molecule has 4 nitrogen and oxygen atoms in total. The molecule has 1 amide bonds. The number of para-hydroxylation sites is 1. The van der Waals surface area contributed by atoms with Crippen LogP contribution in [0.1, 0.15) is 32.3 Å². The van der Waals surface area contributed by atoms with E-state index in [1.54, 1.807) is 13.0 Å². The number of carbonyl (C=O) groups excluding carboxylic acids is 1. The van der Waals surface area contributed by atoms with Crippen molar-refractivity contribution in [1.82, 2.24) is 5.32 Å². The topological polar surface area (TPSA) is 64.4 Å². The minimum absolute atomic E-state index is 0.188. The molecule has 0 heterocycles. The Morgan fingerprint density at radius 2 is 1.95 bits per heavy atom. The number of amides is 1. The molecule has 0 aliphatic heterocycles. The first kappa shape index (κ1) is 18.3. The number of ether oxygens (including phenoxy) is 1. The summed E-state index contributed by atoms with van der Waals surface area (Å²) in [5, 5.41) is 2.65. The van der Waals surface area contributed by atoms with Crippen LogP contribution >= 0.6 is 0 Å². The predicted octanol–water partition coefficient (Wildman–Crippen LogP) is 2.76. The van der Waals surface area contributed by atoms with Gasteiger partial charge >= 0.3 is 6.36 Å². The summed E-state index contributed by atoms with van der Waals surface area (Å²) in [6.07, 6.45) is -3.22. The summed E-state index contributed by atoms with van der Waals surface area (Å²) in [6, 6.07) is 5.85. The van der Waals surface area contributed by atoms with Crippen LogP contribution in [0.2, 0.25) is 0 Å². The lowest BCUT2D eigenvalue weighted by Crippen LogP contribution is -2.51. The first-order valence-electron chi connectivity index (χ1n) is 7.06. The molecular formula is C15H21F3N2O2. The average Bonchev–Trinajstić information content (AvgIpc) is 2.38. The molecule has 1 rings (SSSR count). The van der Waals surface area contributed by atoms with Crippen LogP contribution in [0, 0.1) is 0 Å². The molecule has 1 aromatic carbocycles. The van der Waals surface area contributed by atoms with Crippen molar-refractivity contribution < 1.29 is 22.7 Å². The molecule has 1 aromatic rings. The van der Waals surface area contributed by atoms with Crippen molar-refractivity contribution in [3.8, 4) is 5.75 Å². The van der Waals surface area contributed by atoms with Gasteiger partial charge in [-0.25, -0.2) is 0 Å². The van der Waals surface area contributed by atoms with Crippen molar-refractivity contribution >= 4 is 5.91 Å². The summed E-state index contributed by atoms with van der Waals surface area (Å²) >= 11 is 0. The summed E-state index contributed by atoms with van der Waals surface area (Å²) in [6.45, 7) is 3.74. The molecule has 1 unspecified atom stereocenters. The van der Waals surface area contributed by atoms with Crippen LogP contribution in [-0.2, 0) is 11.2 Å². The van der Waals surface area contributed by atoms with Crippen molar-refractivity contribution in [2.75, 3.05) is 6.54 Å². The number of carbonyl (C=O) groups is 1. The van der Waals surface area contributed by atoms with Gasteiger partial charge in [0.05, 0.1) is 5.54 Å². The number of hydrogen-bond donors (Lipinski definition) is 2. The Kier molecular flexibility index (Phi) is 6.22. The third kappa shape index (κ3) is 5.93. The summed E-state index contributed by atoms with van der Waals surface area (Å²) in [4.78, 5) is 11.9. The molecule has 0 bridgehead atoms. The highest BCUT2D eigenvalue weighted by atomic mass is 19.4. The van der Waals surface area contributed by atoms with E-state index in [4.69, 9.17) is 5.73 Å². The lowest BCUT2D eigenvalue weighted by atomic mass is 9.96. The van der Waals surface area contributed by atoms with Gasteiger partial charge in [0.2, 0.25) is 5.91 Å². The molecule has 124 valence electrons. The van der Waals surface area contributed by atoms with Crippen molar-refractivity contribution in [3.63, 3.8) is 0 Å². The van der Waals surface area contributed by atoms with E-state index in [2.05, 4.69) is 10.1 Å². The fraction of sp³-hybridized carbons (Fsp3) is 0.533. The molecule has 7 heteroatoms. The van der Waals surface area contributed by atoms with Gasteiger partial charge in [-0.15, -0.1) is 13.2 Å². The Bertz CT molecular complexity index is 502. The molecule has 0 saturated heterocycles. The van der Waals surface area contributed by atoms with E-state index in [1.165, 1.54) is 18.2 Å². The summed E-state index contributed by atoms with van der Waals surface area (Å²) in [7, 11) is 0. The number of rotatable bonds is 7. The number of hydrogen-bond acceptors (Lipinski definition) is 3. The highest BCUT2D eigenvalue weighted by molar-refractivity contribution is 5.85. The van der Waals surface area contributed by atoms with E-state index in [0.717, 1.165) is 6.42 Å². The van der Waals surface area contributed by atoms with E-state index < -0.39 is 11.9 Å². The molecule has 1 atom stereocenters. The second-order valence-electron chi connectivity index (χ2n) is 5.33. The minimum Gasteiger partial charge on any atom is -0.406 e. The number of nitrogens with two attached hydrogens (primary N) is 1. The minimum atomic E-state index is -4.74. The van der Waals surface area contributed by atoms with Crippen LogP contribution in [0.4, 0.5) is 13.2 Å². The highest BCUT2D eigenvalue weighted by Gasteiger charge is 2.32. The van der Waals surface area contributed by atoms with Gasteiger partial charge in [0.1, 0.15) is 5.75 Å². The van der Waals surface area contributed by atoms with E-state index in [9.17, 15) is 18.0 Å². The molecule has 22 heavy (non-hydrogen) atoms. The number of halogens is 3. The third-order valence-corrected chi connectivity index (χ3v) is 3.17. The number of nitrogens with one attached hydrogen (secondary N) is 1. The van der Waals surface area contributed by atoms with Gasteiger partial charge in [0, 0.05) is 6.54 Å². The van der Waals surface area contributed by atoms with E-state index in [1.807, 2.05) is 6.92 Å². The van der Waals surface area contributed by atoms with Crippen LogP contribution in [-0.4, -0.2) is 24.4 Å². The van der Waals surface area contributed by atoms with Gasteiger partial charge in [-0.3, -0.25) is 4.79 Å². The Morgan fingerprint density at radius 3 is 2.55 bits per heavy atom. The molecule has 0 aliphatic rings. The van der Waals surface area contributed by atoms with Gasteiger partial charge < -0.3 is 15.8 Å². The van der Waals surface area contributed by atoms with Gasteiger partial charge in [-0.05, 0) is 31.4 Å². The maximum absolute atomic E-state index is 12.3. The standard InChI is InChI=1S/C15H21F3N2O2/c1-3-9-14(2,19)13(21)20-10-8-11-6-4-5-7-12(11)22-15(16,17)18/h4-7H,3,8-10,19H2,1-2H3,(H,20,21). The van der Waals surface area contributed by atoms with Crippen LogP contribution in [0.15, 0.2) is 24.3 Å². The first-order chi connectivity index (χ1) is 10.2. The number of alkyl halides is 3. The molecule has 0 aromatic heterocycles. The fourth-order valence-electron chi connectivity index (χ4n) is 2.08. The Labute approximate surface area is 127 Å². The van der Waals surface area contributed by atoms with Gasteiger partial charge in [0.25, 0.3) is 0 Å². The third-order valence-electron chi connectivity index (χ3n) is 3.17. The Balaban J connectivity index is 2.60. The van der Waals surface area contributed by atoms with E-state index in [0.29, 0.717) is 12.0 Å². The summed E-state index contributed by atoms with van der Waals surface area (Å²) in [5.74, 6) is -0.572. The lowest BCUT2D eigenvalue weighted by Gasteiger charge is -2.23. The monoisotopic (exact) mass is 318 g/mol. The molecule has 0 radical (unpaired) electrons. The first-order valence-corrected chi connectivity index (χ1v) is 7.06. The highest BCUT2D eigenvalue weighted by Crippen LogP contribution is 2.26. The van der Waals surface area contributed by atoms with Crippen molar-refractivity contribution in [2.45, 2.75) is 45.0 Å². The fourth-order valence-corrected chi connectivity index (χ4v) is 2.08. The lowest BCUT2D eigenvalue weighted by molar-refractivity contribution is -0.274. The predicted molar refractivity (Wildman–Crippen MR) is 77.3 cm³/mol. The van der Waals surface area contributed by atoms with E-state index in [-0.39, 0.29) is 24.6 Å².